The van der Waals surface area contributed by atoms with Crippen molar-refractivity contribution in [2.75, 3.05) is 0 Å². The molecule has 70 valence electrons. The summed E-state index contributed by atoms with van der Waals surface area (Å²) in [6, 6.07) is 0. The first-order chi connectivity index (χ1) is 5.79. The topological polar surface area (TPSA) is 20.2 Å². The molecule has 12 heavy (non-hydrogen) atoms. The van der Waals surface area contributed by atoms with Crippen LogP contribution in [0.15, 0.2) is 0 Å². The van der Waals surface area contributed by atoms with Gasteiger partial charge in [0.05, 0.1) is 5.60 Å². The van der Waals surface area contributed by atoms with Crippen LogP contribution in [0.5, 0.6) is 0 Å². The molecule has 2 fully saturated rings. The molecule has 0 aromatic heterocycles. The van der Waals surface area contributed by atoms with Crippen LogP contribution in [0.2, 0.25) is 0 Å². The first-order valence-electron chi connectivity index (χ1n) is 5.51. The van der Waals surface area contributed by atoms with E-state index in [-0.39, 0.29) is 5.60 Å². The highest BCUT2D eigenvalue weighted by atomic mass is 16.3. The van der Waals surface area contributed by atoms with Crippen molar-refractivity contribution in [2.24, 2.45) is 5.92 Å². The van der Waals surface area contributed by atoms with Crippen molar-refractivity contribution < 1.29 is 5.11 Å². The van der Waals surface area contributed by atoms with E-state index in [1.165, 1.54) is 38.5 Å². The minimum Gasteiger partial charge on any atom is -0.390 e. The summed E-state index contributed by atoms with van der Waals surface area (Å²) in [6.45, 7) is 0. The highest BCUT2D eigenvalue weighted by Gasteiger charge is 2.33. The monoisotopic (exact) mass is 168 g/mol. The second-order valence-electron chi connectivity index (χ2n) is 4.79. The van der Waals surface area contributed by atoms with Gasteiger partial charge in [-0.1, -0.05) is 38.5 Å². The van der Waals surface area contributed by atoms with Crippen LogP contribution in [0.1, 0.15) is 57.8 Å². The van der Waals surface area contributed by atoms with Crippen molar-refractivity contribution in [1.29, 1.82) is 0 Å². The fraction of sp³-hybridized carbons (Fsp3) is 1.00. The molecule has 0 unspecified atom stereocenters. The molecular formula is C11H20O. The maximum atomic E-state index is 10.2. The summed E-state index contributed by atoms with van der Waals surface area (Å²) < 4.78 is 0. The van der Waals surface area contributed by atoms with Gasteiger partial charge in [-0.25, -0.2) is 0 Å². The predicted molar refractivity (Wildman–Crippen MR) is 50.0 cm³/mol. The van der Waals surface area contributed by atoms with Gasteiger partial charge in [-0.2, -0.15) is 0 Å². The molecular weight excluding hydrogens is 148 g/mol. The van der Waals surface area contributed by atoms with Crippen LogP contribution < -0.4 is 0 Å². The van der Waals surface area contributed by atoms with Gasteiger partial charge >= 0.3 is 0 Å². The zero-order valence-corrected chi connectivity index (χ0v) is 7.89. The molecule has 0 radical (unpaired) electrons. The maximum Gasteiger partial charge on any atom is 0.0650 e. The Morgan fingerprint density at radius 3 is 2.17 bits per heavy atom. The Morgan fingerprint density at radius 1 is 1.00 bits per heavy atom. The van der Waals surface area contributed by atoms with Gasteiger partial charge in [0.1, 0.15) is 0 Å². The number of hydrogen-bond acceptors (Lipinski definition) is 1. The van der Waals surface area contributed by atoms with Gasteiger partial charge in [-0.15, -0.1) is 0 Å². The summed E-state index contributed by atoms with van der Waals surface area (Å²) in [5.74, 6) is 0.869. The van der Waals surface area contributed by atoms with Crippen LogP contribution >= 0.6 is 0 Å². The quantitative estimate of drug-likeness (QED) is 0.672. The maximum absolute atomic E-state index is 10.2. The Labute approximate surface area is 75.2 Å². The summed E-state index contributed by atoms with van der Waals surface area (Å²) in [6.07, 6.45) is 11.3. The molecule has 0 aromatic rings. The zero-order chi connectivity index (χ0) is 8.44. The van der Waals surface area contributed by atoms with Gasteiger partial charge in [0.25, 0.3) is 0 Å². The first kappa shape index (κ1) is 8.55. The number of aliphatic hydroxyl groups is 1. The van der Waals surface area contributed by atoms with Gasteiger partial charge < -0.3 is 5.11 Å². The molecule has 0 aliphatic heterocycles. The van der Waals surface area contributed by atoms with E-state index in [4.69, 9.17) is 0 Å². The molecule has 0 spiro atoms. The van der Waals surface area contributed by atoms with E-state index in [0.717, 1.165) is 25.2 Å². The number of hydrogen-bond donors (Lipinski definition) is 1. The summed E-state index contributed by atoms with van der Waals surface area (Å²) in [7, 11) is 0. The molecule has 2 aliphatic carbocycles. The Balaban J connectivity index is 1.81. The fourth-order valence-corrected chi connectivity index (χ4v) is 2.65. The molecule has 2 aliphatic rings. The van der Waals surface area contributed by atoms with E-state index >= 15 is 0 Å². The van der Waals surface area contributed by atoms with Crippen molar-refractivity contribution in [1.82, 2.24) is 0 Å². The van der Waals surface area contributed by atoms with E-state index in [0.29, 0.717) is 0 Å². The van der Waals surface area contributed by atoms with Gasteiger partial charge in [0.2, 0.25) is 0 Å². The van der Waals surface area contributed by atoms with Crippen LogP contribution in [-0.2, 0) is 0 Å². The van der Waals surface area contributed by atoms with E-state index < -0.39 is 0 Å². The number of rotatable bonds is 2. The van der Waals surface area contributed by atoms with Crippen molar-refractivity contribution in [3.63, 3.8) is 0 Å². The molecule has 0 saturated heterocycles. The highest BCUT2D eigenvalue weighted by molar-refractivity contribution is 4.86. The summed E-state index contributed by atoms with van der Waals surface area (Å²) in [5, 5.41) is 10.2. The molecule has 1 nitrogen and oxygen atoms in total. The third kappa shape index (κ3) is 1.82. The fourth-order valence-electron chi connectivity index (χ4n) is 2.65. The summed E-state index contributed by atoms with van der Waals surface area (Å²) >= 11 is 0. The Bertz CT molecular complexity index is 143. The van der Waals surface area contributed by atoms with Crippen molar-refractivity contribution >= 4 is 0 Å². The van der Waals surface area contributed by atoms with Gasteiger partial charge in [-0.05, 0) is 25.2 Å². The lowest BCUT2D eigenvalue weighted by Gasteiger charge is -2.38. The minimum atomic E-state index is -0.247. The van der Waals surface area contributed by atoms with E-state index in [1.54, 1.807) is 0 Å². The standard InChI is InChI=1S/C11H20O/c12-11(7-2-1-3-8-11)9-10-5-4-6-10/h10,12H,1-9H2. The van der Waals surface area contributed by atoms with Crippen molar-refractivity contribution in [2.45, 2.75) is 63.4 Å². The lowest BCUT2D eigenvalue weighted by atomic mass is 9.72. The zero-order valence-electron chi connectivity index (χ0n) is 7.89. The normalized spacial score (nSPS) is 29.8. The van der Waals surface area contributed by atoms with Crippen LogP contribution in [-0.4, -0.2) is 10.7 Å². The smallest absolute Gasteiger partial charge is 0.0650 e. The van der Waals surface area contributed by atoms with Gasteiger partial charge in [0, 0.05) is 0 Å². The predicted octanol–water partition coefficient (Wildman–Crippen LogP) is 2.87. The van der Waals surface area contributed by atoms with Gasteiger partial charge in [0.15, 0.2) is 0 Å². The SMILES string of the molecule is OC1(CC2CCC2)CCCCC1. The third-order valence-corrected chi connectivity index (χ3v) is 3.68. The summed E-state index contributed by atoms with van der Waals surface area (Å²) in [4.78, 5) is 0. The largest absolute Gasteiger partial charge is 0.390 e. The molecule has 0 atom stereocenters. The van der Waals surface area contributed by atoms with E-state index in [2.05, 4.69) is 0 Å². The molecule has 0 amide bonds. The molecule has 2 rings (SSSR count). The first-order valence-corrected chi connectivity index (χ1v) is 5.51. The van der Waals surface area contributed by atoms with Crippen molar-refractivity contribution in [3.8, 4) is 0 Å². The van der Waals surface area contributed by atoms with Crippen LogP contribution in [0.25, 0.3) is 0 Å². The Hall–Kier alpha value is -0.0400. The Morgan fingerprint density at radius 2 is 1.67 bits per heavy atom. The molecule has 0 bridgehead atoms. The van der Waals surface area contributed by atoms with Crippen LogP contribution in [0, 0.1) is 5.92 Å². The van der Waals surface area contributed by atoms with Crippen molar-refractivity contribution in [3.05, 3.63) is 0 Å². The third-order valence-electron chi connectivity index (χ3n) is 3.68. The average Bonchev–Trinajstić information content (AvgIpc) is 1.99. The van der Waals surface area contributed by atoms with Gasteiger partial charge in [-0.3, -0.25) is 0 Å². The van der Waals surface area contributed by atoms with E-state index in [9.17, 15) is 5.11 Å². The minimum absolute atomic E-state index is 0.247. The highest BCUT2D eigenvalue weighted by Crippen LogP contribution is 2.39. The second-order valence-corrected chi connectivity index (χ2v) is 4.79. The van der Waals surface area contributed by atoms with Crippen LogP contribution in [0.3, 0.4) is 0 Å². The lowest BCUT2D eigenvalue weighted by molar-refractivity contribution is -0.0273. The van der Waals surface area contributed by atoms with Crippen LogP contribution in [0.4, 0.5) is 0 Å². The summed E-state index contributed by atoms with van der Waals surface area (Å²) in [5.41, 5.74) is -0.247. The molecule has 0 aromatic carbocycles. The molecule has 2 saturated carbocycles. The van der Waals surface area contributed by atoms with E-state index in [1.807, 2.05) is 0 Å². The lowest BCUT2D eigenvalue weighted by Crippen LogP contribution is -2.35. The Kier molecular flexibility index (Phi) is 2.40. The molecule has 1 heteroatoms. The second kappa shape index (κ2) is 3.37. The average molecular weight is 168 g/mol. The molecule has 0 heterocycles. The molecule has 1 N–H and O–H groups in total.